The standard InChI is InChI=1S/C22H27NO3S/c1-16-15-18(7-8-19(16)17(2)24)26-21-10-14-27-22(21)20(25)9-13-23-11-5-3-4-6-12-23/h7-8,10,14-15H,3-6,9,11-13H2,1-2H3. The highest BCUT2D eigenvalue weighted by Crippen LogP contribution is 2.31. The van der Waals surface area contributed by atoms with Crippen molar-refractivity contribution in [2.75, 3.05) is 19.6 Å². The van der Waals surface area contributed by atoms with Crippen molar-refractivity contribution < 1.29 is 14.3 Å². The molecule has 0 unspecified atom stereocenters. The Hall–Kier alpha value is -1.98. The predicted molar refractivity (Wildman–Crippen MR) is 109 cm³/mol. The third kappa shape index (κ3) is 5.27. The number of thiophene rings is 1. The van der Waals surface area contributed by atoms with E-state index in [1.807, 2.05) is 24.4 Å². The molecule has 0 aliphatic carbocycles. The molecule has 1 aliphatic rings. The molecule has 0 atom stereocenters. The van der Waals surface area contributed by atoms with E-state index in [0.29, 0.717) is 28.4 Å². The first-order valence-electron chi connectivity index (χ1n) is 9.67. The Morgan fingerprint density at radius 1 is 1.11 bits per heavy atom. The van der Waals surface area contributed by atoms with Crippen LogP contribution in [-0.2, 0) is 0 Å². The number of aryl methyl sites for hydroxylation is 1. The highest BCUT2D eigenvalue weighted by Gasteiger charge is 2.17. The molecule has 4 nitrogen and oxygen atoms in total. The molecule has 3 rings (SSSR count). The van der Waals surface area contributed by atoms with E-state index in [1.165, 1.54) is 37.0 Å². The molecule has 0 N–H and O–H groups in total. The van der Waals surface area contributed by atoms with Crippen LogP contribution in [-0.4, -0.2) is 36.1 Å². The van der Waals surface area contributed by atoms with Gasteiger partial charge < -0.3 is 9.64 Å². The molecule has 0 bridgehead atoms. The zero-order valence-electron chi connectivity index (χ0n) is 16.1. The third-order valence-electron chi connectivity index (χ3n) is 5.04. The molecule has 2 heterocycles. The smallest absolute Gasteiger partial charge is 0.177 e. The van der Waals surface area contributed by atoms with Crippen molar-refractivity contribution >= 4 is 22.9 Å². The predicted octanol–water partition coefficient (Wildman–Crippen LogP) is 5.50. The lowest BCUT2D eigenvalue weighted by Crippen LogP contribution is -2.27. The molecular formula is C22H27NO3S. The second-order valence-corrected chi connectivity index (χ2v) is 8.09. The molecule has 1 aliphatic heterocycles. The van der Waals surface area contributed by atoms with E-state index in [9.17, 15) is 9.59 Å². The van der Waals surface area contributed by atoms with Gasteiger partial charge in [-0.1, -0.05) is 12.8 Å². The molecule has 144 valence electrons. The highest BCUT2D eigenvalue weighted by atomic mass is 32.1. The van der Waals surface area contributed by atoms with Gasteiger partial charge in [0.25, 0.3) is 0 Å². The van der Waals surface area contributed by atoms with Crippen LogP contribution in [0.4, 0.5) is 0 Å². The first kappa shape index (κ1) is 19.8. The van der Waals surface area contributed by atoms with Gasteiger partial charge in [0.05, 0.1) is 0 Å². The molecule has 2 aromatic rings. The Labute approximate surface area is 165 Å². The van der Waals surface area contributed by atoms with E-state index in [2.05, 4.69) is 4.90 Å². The summed E-state index contributed by atoms with van der Waals surface area (Å²) >= 11 is 1.43. The molecule has 27 heavy (non-hydrogen) atoms. The highest BCUT2D eigenvalue weighted by molar-refractivity contribution is 7.12. The normalized spacial score (nSPS) is 15.3. The summed E-state index contributed by atoms with van der Waals surface area (Å²) in [5, 5.41) is 1.89. The number of ether oxygens (including phenoxy) is 1. The summed E-state index contributed by atoms with van der Waals surface area (Å²) in [7, 11) is 0. The van der Waals surface area contributed by atoms with Crippen LogP contribution in [0.1, 0.15) is 64.6 Å². The van der Waals surface area contributed by atoms with Crippen LogP contribution in [0.5, 0.6) is 11.5 Å². The molecular weight excluding hydrogens is 358 g/mol. The largest absolute Gasteiger partial charge is 0.456 e. The quantitative estimate of drug-likeness (QED) is 0.590. The number of Topliss-reactive ketones (excluding diaryl/α,β-unsaturated/α-hetero) is 2. The maximum absolute atomic E-state index is 12.7. The molecule has 5 heteroatoms. The summed E-state index contributed by atoms with van der Waals surface area (Å²) in [5.41, 5.74) is 1.57. The third-order valence-corrected chi connectivity index (χ3v) is 5.98. The van der Waals surface area contributed by atoms with Gasteiger partial charge in [0.2, 0.25) is 0 Å². The first-order chi connectivity index (χ1) is 13.0. The molecule has 1 fully saturated rings. The molecule has 0 spiro atoms. The number of rotatable bonds is 7. The van der Waals surface area contributed by atoms with Crippen molar-refractivity contribution in [3.8, 4) is 11.5 Å². The van der Waals surface area contributed by atoms with Crippen LogP contribution in [0.2, 0.25) is 0 Å². The van der Waals surface area contributed by atoms with Crippen LogP contribution < -0.4 is 4.74 Å². The van der Waals surface area contributed by atoms with Gasteiger partial charge in [-0.05, 0) is 75.0 Å². The van der Waals surface area contributed by atoms with E-state index in [-0.39, 0.29) is 11.6 Å². The minimum absolute atomic E-state index is 0.0407. The number of carbonyl (C=O) groups excluding carboxylic acids is 2. The molecule has 0 amide bonds. The fraction of sp³-hybridized carbons (Fsp3) is 0.455. The number of carbonyl (C=O) groups is 2. The minimum atomic E-state index is 0.0407. The van der Waals surface area contributed by atoms with Crippen molar-refractivity contribution in [3.63, 3.8) is 0 Å². The molecule has 1 saturated heterocycles. The van der Waals surface area contributed by atoms with Crippen LogP contribution in [0.25, 0.3) is 0 Å². The van der Waals surface area contributed by atoms with Crippen molar-refractivity contribution in [2.24, 2.45) is 0 Å². The summed E-state index contributed by atoms with van der Waals surface area (Å²) in [5.74, 6) is 1.44. The lowest BCUT2D eigenvalue weighted by atomic mass is 10.1. The number of hydrogen-bond donors (Lipinski definition) is 0. The fourth-order valence-corrected chi connectivity index (χ4v) is 4.32. The van der Waals surface area contributed by atoms with Crippen LogP contribution in [0.15, 0.2) is 29.6 Å². The Morgan fingerprint density at radius 3 is 2.52 bits per heavy atom. The van der Waals surface area contributed by atoms with E-state index < -0.39 is 0 Å². The summed E-state index contributed by atoms with van der Waals surface area (Å²) < 4.78 is 5.96. The van der Waals surface area contributed by atoms with Gasteiger partial charge in [-0.2, -0.15) is 0 Å². The van der Waals surface area contributed by atoms with E-state index in [1.54, 1.807) is 19.1 Å². The zero-order valence-corrected chi connectivity index (χ0v) is 16.9. The zero-order chi connectivity index (χ0) is 19.2. The number of likely N-dealkylation sites (tertiary alicyclic amines) is 1. The van der Waals surface area contributed by atoms with Crippen molar-refractivity contribution in [1.82, 2.24) is 4.90 Å². The average molecular weight is 386 g/mol. The Morgan fingerprint density at radius 2 is 1.85 bits per heavy atom. The molecule has 0 saturated carbocycles. The number of benzene rings is 1. The van der Waals surface area contributed by atoms with Crippen molar-refractivity contribution in [1.29, 1.82) is 0 Å². The number of hydrogen-bond acceptors (Lipinski definition) is 5. The summed E-state index contributed by atoms with van der Waals surface area (Å²) in [6, 6.07) is 7.25. The van der Waals surface area contributed by atoms with Gasteiger partial charge in [0, 0.05) is 18.5 Å². The topological polar surface area (TPSA) is 46.6 Å². The van der Waals surface area contributed by atoms with Gasteiger partial charge in [0.1, 0.15) is 16.4 Å². The van der Waals surface area contributed by atoms with E-state index in [4.69, 9.17) is 4.74 Å². The summed E-state index contributed by atoms with van der Waals surface area (Å²) in [6.45, 7) is 6.47. The molecule has 0 radical (unpaired) electrons. The van der Waals surface area contributed by atoms with Gasteiger partial charge in [-0.3, -0.25) is 9.59 Å². The molecule has 1 aromatic carbocycles. The first-order valence-corrected chi connectivity index (χ1v) is 10.5. The number of nitrogens with zero attached hydrogens (tertiary/aromatic N) is 1. The lowest BCUT2D eigenvalue weighted by molar-refractivity contribution is 0.0965. The van der Waals surface area contributed by atoms with Gasteiger partial charge in [-0.25, -0.2) is 0 Å². The van der Waals surface area contributed by atoms with Gasteiger partial charge in [-0.15, -0.1) is 11.3 Å². The van der Waals surface area contributed by atoms with Crippen LogP contribution in [0, 0.1) is 6.92 Å². The minimum Gasteiger partial charge on any atom is -0.456 e. The summed E-state index contributed by atoms with van der Waals surface area (Å²) in [6.07, 6.45) is 5.60. The van der Waals surface area contributed by atoms with Gasteiger partial charge in [0.15, 0.2) is 11.6 Å². The maximum atomic E-state index is 12.7. The van der Waals surface area contributed by atoms with Crippen molar-refractivity contribution in [2.45, 2.75) is 46.0 Å². The number of ketones is 2. The van der Waals surface area contributed by atoms with Crippen molar-refractivity contribution in [3.05, 3.63) is 45.6 Å². The van der Waals surface area contributed by atoms with Crippen LogP contribution >= 0.6 is 11.3 Å². The second-order valence-electron chi connectivity index (χ2n) is 7.18. The van der Waals surface area contributed by atoms with Gasteiger partial charge >= 0.3 is 0 Å². The summed E-state index contributed by atoms with van der Waals surface area (Å²) in [4.78, 5) is 27.4. The van der Waals surface area contributed by atoms with Crippen LogP contribution in [0.3, 0.4) is 0 Å². The Bertz CT molecular complexity index is 804. The monoisotopic (exact) mass is 385 g/mol. The average Bonchev–Trinajstić information content (AvgIpc) is 2.93. The Kier molecular flexibility index (Phi) is 6.80. The Balaban J connectivity index is 1.64. The lowest BCUT2D eigenvalue weighted by Gasteiger charge is -2.18. The molecule has 1 aromatic heterocycles. The maximum Gasteiger partial charge on any atom is 0.177 e. The SMILES string of the molecule is CC(=O)c1ccc(Oc2ccsc2C(=O)CCN2CCCCCC2)cc1C. The van der Waals surface area contributed by atoms with E-state index >= 15 is 0 Å². The second kappa shape index (κ2) is 9.29. The van der Waals surface area contributed by atoms with E-state index in [0.717, 1.165) is 25.2 Å². The fourth-order valence-electron chi connectivity index (χ4n) is 3.54.